The quantitative estimate of drug-likeness (QED) is 0.387. The monoisotopic (exact) mass is 467 g/mol. The smallest absolute Gasteiger partial charge is 0.248 e. The van der Waals surface area contributed by atoms with E-state index in [0.29, 0.717) is 36.9 Å². The van der Waals surface area contributed by atoms with Crippen molar-refractivity contribution >= 4 is 33.4 Å². The van der Waals surface area contributed by atoms with Crippen molar-refractivity contribution in [3.05, 3.63) is 68.0 Å². The van der Waals surface area contributed by atoms with Gasteiger partial charge < -0.3 is 15.8 Å². The molecule has 2 aromatic rings. The van der Waals surface area contributed by atoms with Crippen LogP contribution in [0.4, 0.5) is 0 Å². The summed E-state index contributed by atoms with van der Waals surface area (Å²) in [6.07, 6.45) is 1.63. The fourth-order valence-electron chi connectivity index (χ4n) is 2.55. The summed E-state index contributed by atoms with van der Waals surface area (Å²) < 4.78 is 6.37. The van der Waals surface area contributed by atoms with Crippen molar-refractivity contribution in [3.63, 3.8) is 0 Å². The van der Waals surface area contributed by atoms with E-state index in [1.807, 2.05) is 24.3 Å². The first kappa shape index (κ1) is 22.3. The molecule has 150 valence electrons. The maximum absolute atomic E-state index is 12.3. The molecular formula is C20H23BrClN3O3. The Morgan fingerprint density at radius 3 is 2.57 bits per heavy atom. The Balaban J connectivity index is 1.86. The predicted molar refractivity (Wildman–Crippen MR) is 115 cm³/mol. The van der Waals surface area contributed by atoms with Crippen molar-refractivity contribution in [2.75, 3.05) is 19.7 Å². The van der Waals surface area contributed by atoms with Gasteiger partial charge in [-0.1, -0.05) is 35.0 Å². The maximum Gasteiger partial charge on any atom is 0.248 e. The van der Waals surface area contributed by atoms with Gasteiger partial charge in [0.1, 0.15) is 5.75 Å². The molecule has 0 radical (unpaired) electrons. The standard InChI is InChI=1S/C20H23BrClN3O3/c21-17-12-15(4-7-19(17)28-11-1-9-23)13-18(25-27)20(26)24-10-8-14-2-5-16(22)6-3-14/h2-7,12,18H,1,8-11,13,23H2,(H,24,26). The average molecular weight is 469 g/mol. The molecule has 3 N–H and O–H groups in total. The molecule has 28 heavy (non-hydrogen) atoms. The van der Waals surface area contributed by atoms with Gasteiger partial charge in [-0.25, -0.2) is 0 Å². The Bertz CT molecular complexity index is 787. The van der Waals surface area contributed by atoms with Crippen molar-refractivity contribution in [1.82, 2.24) is 5.32 Å². The minimum atomic E-state index is -0.985. The summed E-state index contributed by atoms with van der Waals surface area (Å²) in [6.45, 7) is 1.52. The van der Waals surface area contributed by atoms with Gasteiger partial charge in [-0.05, 0) is 70.7 Å². The second-order valence-corrected chi connectivity index (χ2v) is 7.54. The molecule has 0 saturated carbocycles. The minimum Gasteiger partial charge on any atom is -0.492 e. The summed E-state index contributed by atoms with van der Waals surface area (Å²) in [6, 6.07) is 11.9. The van der Waals surface area contributed by atoms with Crippen LogP contribution in [0.2, 0.25) is 5.02 Å². The SMILES string of the molecule is NCCCOc1ccc(CC(N=O)C(=O)NCCc2ccc(Cl)cc2)cc1Br. The normalized spacial score (nSPS) is 11.7. The largest absolute Gasteiger partial charge is 0.492 e. The lowest BCUT2D eigenvalue weighted by molar-refractivity contribution is -0.122. The van der Waals surface area contributed by atoms with E-state index in [1.165, 1.54) is 0 Å². The lowest BCUT2D eigenvalue weighted by Gasteiger charge is -2.12. The number of nitrogens with zero attached hydrogens (tertiary/aromatic N) is 1. The Kier molecular flexibility index (Phi) is 9.40. The molecule has 0 aliphatic carbocycles. The zero-order valence-corrected chi connectivity index (χ0v) is 17.7. The number of ether oxygens (including phenoxy) is 1. The van der Waals surface area contributed by atoms with Gasteiger partial charge in [0.15, 0.2) is 6.04 Å². The molecule has 6 nitrogen and oxygen atoms in total. The summed E-state index contributed by atoms with van der Waals surface area (Å²) in [5.41, 5.74) is 7.32. The Hall–Kier alpha value is -1.96. The van der Waals surface area contributed by atoms with Gasteiger partial charge in [0.2, 0.25) is 5.91 Å². The number of nitroso groups, excluding NO2 is 1. The zero-order chi connectivity index (χ0) is 20.4. The number of hydrogen-bond acceptors (Lipinski definition) is 5. The number of hydrogen-bond donors (Lipinski definition) is 2. The van der Waals surface area contributed by atoms with E-state index in [-0.39, 0.29) is 12.3 Å². The van der Waals surface area contributed by atoms with Gasteiger partial charge in [-0.2, -0.15) is 0 Å². The summed E-state index contributed by atoms with van der Waals surface area (Å²) in [5.74, 6) is 0.309. The third-order valence-electron chi connectivity index (χ3n) is 4.09. The van der Waals surface area contributed by atoms with Crippen LogP contribution in [0.25, 0.3) is 0 Å². The van der Waals surface area contributed by atoms with Crippen LogP contribution in [-0.4, -0.2) is 31.6 Å². The third kappa shape index (κ3) is 7.22. The molecule has 1 atom stereocenters. The van der Waals surface area contributed by atoms with Gasteiger partial charge in [0.25, 0.3) is 0 Å². The number of nitrogens with one attached hydrogen (secondary N) is 1. The second kappa shape index (κ2) is 11.8. The van der Waals surface area contributed by atoms with E-state index < -0.39 is 6.04 Å². The van der Waals surface area contributed by atoms with Crippen molar-refractivity contribution in [2.45, 2.75) is 25.3 Å². The first-order chi connectivity index (χ1) is 13.5. The molecule has 0 aliphatic heterocycles. The highest BCUT2D eigenvalue weighted by Crippen LogP contribution is 2.27. The van der Waals surface area contributed by atoms with Crippen LogP contribution in [0.15, 0.2) is 52.1 Å². The van der Waals surface area contributed by atoms with Crippen LogP contribution in [0.3, 0.4) is 0 Å². The number of amides is 1. The van der Waals surface area contributed by atoms with Crippen molar-refractivity contribution in [2.24, 2.45) is 10.9 Å². The number of halogens is 2. The highest BCUT2D eigenvalue weighted by Gasteiger charge is 2.20. The van der Waals surface area contributed by atoms with Crippen molar-refractivity contribution in [1.29, 1.82) is 0 Å². The topological polar surface area (TPSA) is 93.8 Å². The summed E-state index contributed by atoms with van der Waals surface area (Å²) in [5, 5.41) is 6.42. The number of benzene rings is 2. The number of carbonyl (C=O) groups is 1. The average Bonchev–Trinajstić information content (AvgIpc) is 2.69. The summed E-state index contributed by atoms with van der Waals surface area (Å²) in [4.78, 5) is 23.4. The van der Waals surface area contributed by atoms with Crippen molar-refractivity contribution in [3.8, 4) is 5.75 Å². The van der Waals surface area contributed by atoms with Crippen LogP contribution < -0.4 is 15.8 Å². The number of nitrogens with two attached hydrogens (primary N) is 1. The molecule has 1 amide bonds. The number of carbonyl (C=O) groups excluding carboxylic acids is 1. The molecule has 0 heterocycles. The zero-order valence-electron chi connectivity index (χ0n) is 15.4. The molecule has 0 aliphatic rings. The highest BCUT2D eigenvalue weighted by atomic mass is 79.9. The highest BCUT2D eigenvalue weighted by molar-refractivity contribution is 9.10. The van der Waals surface area contributed by atoms with Gasteiger partial charge in [0, 0.05) is 18.0 Å². The lowest BCUT2D eigenvalue weighted by Crippen LogP contribution is -2.35. The van der Waals surface area contributed by atoms with E-state index in [2.05, 4.69) is 26.4 Å². The predicted octanol–water partition coefficient (Wildman–Crippen LogP) is 3.87. The van der Waals surface area contributed by atoms with E-state index in [0.717, 1.165) is 22.0 Å². The Morgan fingerprint density at radius 2 is 1.93 bits per heavy atom. The van der Waals surface area contributed by atoms with Gasteiger partial charge in [-0.15, -0.1) is 4.91 Å². The molecule has 0 saturated heterocycles. The van der Waals surface area contributed by atoms with E-state index in [4.69, 9.17) is 22.1 Å². The molecule has 0 bridgehead atoms. The first-order valence-corrected chi connectivity index (χ1v) is 10.2. The fourth-order valence-corrected chi connectivity index (χ4v) is 3.22. The molecule has 0 aromatic heterocycles. The second-order valence-electron chi connectivity index (χ2n) is 6.25. The van der Waals surface area contributed by atoms with Crippen LogP contribution in [0.1, 0.15) is 17.5 Å². The Labute approximate surface area is 177 Å². The van der Waals surface area contributed by atoms with Gasteiger partial charge >= 0.3 is 0 Å². The molecule has 2 rings (SSSR count). The van der Waals surface area contributed by atoms with Crippen LogP contribution in [-0.2, 0) is 17.6 Å². The lowest BCUT2D eigenvalue weighted by atomic mass is 10.1. The molecule has 0 spiro atoms. The van der Waals surface area contributed by atoms with Gasteiger partial charge in [-0.3, -0.25) is 4.79 Å². The van der Waals surface area contributed by atoms with Crippen molar-refractivity contribution < 1.29 is 9.53 Å². The van der Waals surface area contributed by atoms with E-state index >= 15 is 0 Å². The molecule has 2 aromatic carbocycles. The number of rotatable bonds is 11. The molecule has 8 heteroatoms. The Morgan fingerprint density at radius 1 is 1.21 bits per heavy atom. The minimum absolute atomic E-state index is 0.220. The van der Waals surface area contributed by atoms with E-state index in [9.17, 15) is 9.70 Å². The van der Waals surface area contributed by atoms with Gasteiger partial charge in [0.05, 0.1) is 11.1 Å². The maximum atomic E-state index is 12.3. The molecular weight excluding hydrogens is 446 g/mol. The van der Waals surface area contributed by atoms with Crippen LogP contribution >= 0.6 is 27.5 Å². The van der Waals surface area contributed by atoms with Crippen LogP contribution in [0, 0.1) is 4.91 Å². The molecule has 0 fully saturated rings. The summed E-state index contributed by atoms with van der Waals surface area (Å²) >= 11 is 9.30. The third-order valence-corrected chi connectivity index (χ3v) is 4.96. The van der Waals surface area contributed by atoms with E-state index in [1.54, 1.807) is 18.2 Å². The first-order valence-electron chi connectivity index (χ1n) is 8.99. The van der Waals surface area contributed by atoms with Crippen LogP contribution in [0.5, 0.6) is 5.75 Å². The fraction of sp³-hybridized carbons (Fsp3) is 0.350. The molecule has 1 unspecified atom stereocenters. The summed E-state index contributed by atoms with van der Waals surface area (Å²) in [7, 11) is 0.